The van der Waals surface area contributed by atoms with E-state index in [0.717, 1.165) is 10.6 Å². The maximum absolute atomic E-state index is 12.6. The molecule has 0 spiro atoms. The number of rotatable bonds is 5. The van der Waals surface area contributed by atoms with Crippen molar-refractivity contribution < 1.29 is 23.9 Å². The van der Waals surface area contributed by atoms with E-state index in [4.69, 9.17) is 9.47 Å². The summed E-state index contributed by atoms with van der Waals surface area (Å²) in [6.45, 7) is 7.67. The minimum Gasteiger partial charge on any atom is -0.452 e. The van der Waals surface area contributed by atoms with E-state index in [1.165, 1.54) is 0 Å². The third-order valence-corrected chi connectivity index (χ3v) is 4.28. The molecule has 0 N–H and O–H groups in total. The van der Waals surface area contributed by atoms with E-state index in [0.29, 0.717) is 16.6 Å². The maximum Gasteiger partial charge on any atom is 0.416 e. The smallest absolute Gasteiger partial charge is 0.416 e. The number of carbonyl (C=O) groups is 3. The van der Waals surface area contributed by atoms with Crippen LogP contribution in [0.25, 0.3) is 11.0 Å². The number of ether oxygens (including phenoxy) is 2. The molecule has 1 fully saturated rings. The van der Waals surface area contributed by atoms with Gasteiger partial charge < -0.3 is 9.47 Å². The van der Waals surface area contributed by atoms with Crippen LogP contribution in [0.3, 0.4) is 0 Å². The Labute approximate surface area is 156 Å². The van der Waals surface area contributed by atoms with Gasteiger partial charge in [-0.15, -0.1) is 0 Å². The van der Waals surface area contributed by atoms with Gasteiger partial charge in [0, 0.05) is 11.7 Å². The van der Waals surface area contributed by atoms with Crippen molar-refractivity contribution in [3.63, 3.8) is 0 Å². The molecule has 1 aliphatic heterocycles. The zero-order valence-electron chi connectivity index (χ0n) is 15.8. The van der Waals surface area contributed by atoms with Crippen molar-refractivity contribution in [1.82, 2.24) is 19.7 Å². The lowest BCUT2D eigenvalue weighted by molar-refractivity contribution is -0.131. The number of fused-ring (bicyclic) bond motifs is 1. The van der Waals surface area contributed by atoms with Crippen molar-refractivity contribution in [2.24, 2.45) is 0 Å². The van der Waals surface area contributed by atoms with Crippen LogP contribution < -0.4 is 0 Å². The van der Waals surface area contributed by atoms with Crippen molar-refractivity contribution in [3.05, 3.63) is 23.5 Å². The van der Waals surface area contributed by atoms with E-state index in [2.05, 4.69) is 10.1 Å². The summed E-state index contributed by atoms with van der Waals surface area (Å²) < 4.78 is 11.6. The minimum absolute atomic E-state index is 0.0732. The van der Waals surface area contributed by atoms with E-state index in [1.54, 1.807) is 16.9 Å². The van der Waals surface area contributed by atoms with Crippen molar-refractivity contribution in [2.75, 3.05) is 19.8 Å². The van der Waals surface area contributed by atoms with Crippen LogP contribution in [0.4, 0.5) is 4.79 Å². The number of cyclic esters (lactones) is 1. The monoisotopic (exact) mass is 374 g/mol. The van der Waals surface area contributed by atoms with Crippen LogP contribution in [0, 0.1) is 0 Å². The fraction of sp³-hybridized carbons (Fsp3) is 0.500. The first kappa shape index (κ1) is 18.8. The van der Waals surface area contributed by atoms with Gasteiger partial charge in [0.25, 0.3) is 5.91 Å². The number of aromatic nitrogens is 3. The average Bonchev–Trinajstić information content (AvgIpc) is 3.24. The normalized spacial score (nSPS) is 14.3. The average molecular weight is 374 g/mol. The Morgan fingerprint density at radius 1 is 1.30 bits per heavy atom. The number of pyridine rings is 1. The molecule has 0 unspecified atom stereocenters. The van der Waals surface area contributed by atoms with Gasteiger partial charge in [-0.25, -0.2) is 24.2 Å². The highest BCUT2D eigenvalue weighted by atomic mass is 16.6. The van der Waals surface area contributed by atoms with Gasteiger partial charge in [0.15, 0.2) is 12.3 Å². The second-order valence-electron chi connectivity index (χ2n) is 6.91. The van der Waals surface area contributed by atoms with Crippen molar-refractivity contribution in [1.29, 1.82) is 0 Å². The SMILES string of the molecule is CC(C)c1cc(C(=O)OCC(=O)N2CCOC2=O)c2cnn(C(C)C)c2n1. The maximum atomic E-state index is 12.6. The number of esters is 1. The van der Waals surface area contributed by atoms with E-state index in [9.17, 15) is 14.4 Å². The minimum atomic E-state index is -0.720. The molecule has 3 rings (SSSR count). The first-order chi connectivity index (χ1) is 12.8. The predicted octanol–water partition coefficient (Wildman–Crippen LogP) is 2.27. The summed E-state index contributed by atoms with van der Waals surface area (Å²) in [4.78, 5) is 41.6. The standard InChI is InChI=1S/C18H22N4O5/c1-10(2)14-7-12(13-8-19-22(11(3)4)16(13)20-14)17(24)27-9-15(23)21-5-6-26-18(21)25/h7-8,10-11H,5-6,9H2,1-4H3. The number of imide groups is 1. The highest BCUT2D eigenvalue weighted by molar-refractivity contribution is 6.03. The third kappa shape index (κ3) is 3.62. The second kappa shape index (κ2) is 7.34. The van der Waals surface area contributed by atoms with Crippen LogP contribution in [0.5, 0.6) is 0 Å². The molecule has 0 radical (unpaired) electrons. The zero-order chi connectivity index (χ0) is 19.7. The molecule has 2 aromatic heterocycles. The second-order valence-corrected chi connectivity index (χ2v) is 6.91. The Morgan fingerprint density at radius 3 is 2.63 bits per heavy atom. The Bertz CT molecular complexity index is 903. The molecular weight excluding hydrogens is 352 g/mol. The molecule has 2 aromatic rings. The lowest BCUT2D eigenvalue weighted by atomic mass is 10.1. The molecule has 3 heterocycles. The lowest BCUT2D eigenvalue weighted by Gasteiger charge is -2.13. The van der Waals surface area contributed by atoms with Gasteiger partial charge >= 0.3 is 12.1 Å². The molecule has 2 amide bonds. The van der Waals surface area contributed by atoms with E-state index >= 15 is 0 Å². The Kier molecular flexibility index (Phi) is 5.11. The molecule has 1 saturated heterocycles. The molecule has 0 bridgehead atoms. The van der Waals surface area contributed by atoms with Crippen molar-refractivity contribution in [2.45, 2.75) is 39.7 Å². The van der Waals surface area contributed by atoms with Gasteiger partial charge in [-0.1, -0.05) is 13.8 Å². The van der Waals surface area contributed by atoms with E-state index in [1.807, 2.05) is 27.7 Å². The summed E-state index contributed by atoms with van der Waals surface area (Å²) in [7, 11) is 0. The van der Waals surface area contributed by atoms with Crippen LogP contribution in [0.15, 0.2) is 12.3 Å². The van der Waals surface area contributed by atoms with Crippen LogP contribution in [0.1, 0.15) is 55.7 Å². The lowest BCUT2D eigenvalue weighted by Crippen LogP contribution is -2.35. The van der Waals surface area contributed by atoms with Gasteiger partial charge in [-0.05, 0) is 25.8 Å². The Morgan fingerprint density at radius 2 is 2.04 bits per heavy atom. The fourth-order valence-corrected chi connectivity index (χ4v) is 2.78. The van der Waals surface area contributed by atoms with Gasteiger partial charge in [0.05, 0.1) is 23.7 Å². The molecule has 0 aromatic carbocycles. The number of nitrogens with zero attached hydrogens (tertiary/aromatic N) is 4. The molecule has 1 aliphatic rings. The van der Waals surface area contributed by atoms with Crippen LogP contribution in [-0.2, 0) is 14.3 Å². The summed E-state index contributed by atoms with van der Waals surface area (Å²) in [5.74, 6) is -1.18. The Hall–Kier alpha value is -2.97. The Balaban J connectivity index is 1.87. The molecule has 9 heteroatoms. The van der Waals surface area contributed by atoms with Crippen LogP contribution in [-0.4, -0.2) is 57.4 Å². The summed E-state index contributed by atoms with van der Waals surface area (Å²) in [6, 6.07) is 1.74. The first-order valence-corrected chi connectivity index (χ1v) is 8.82. The zero-order valence-corrected chi connectivity index (χ0v) is 15.8. The quantitative estimate of drug-likeness (QED) is 0.740. The first-order valence-electron chi connectivity index (χ1n) is 8.82. The van der Waals surface area contributed by atoms with Gasteiger partial charge in [0.1, 0.15) is 6.61 Å². The molecule has 9 nitrogen and oxygen atoms in total. The molecule has 27 heavy (non-hydrogen) atoms. The number of carbonyl (C=O) groups excluding carboxylic acids is 3. The molecule has 0 atom stereocenters. The summed E-state index contributed by atoms with van der Waals surface area (Å²) in [6.07, 6.45) is 0.852. The predicted molar refractivity (Wildman–Crippen MR) is 95.3 cm³/mol. The molecule has 0 saturated carbocycles. The number of hydrogen-bond donors (Lipinski definition) is 0. The van der Waals surface area contributed by atoms with Gasteiger partial charge in [-0.3, -0.25) is 4.79 Å². The van der Waals surface area contributed by atoms with Crippen molar-refractivity contribution in [3.8, 4) is 0 Å². The highest BCUT2D eigenvalue weighted by Gasteiger charge is 2.29. The topological polar surface area (TPSA) is 104 Å². The van der Waals surface area contributed by atoms with E-state index < -0.39 is 24.6 Å². The summed E-state index contributed by atoms with van der Waals surface area (Å²) >= 11 is 0. The number of amides is 2. The summed E-state index contributed by atoms with van der Waals surface area (Å²) in [5, 5.41) is 4.88. The van der Waals surface area contributed by atoms with Crippen LogP contribution in [0.2, 0.25) is 0 Å². The van der Waals surface area contributed by atoms with Gasteiger partial charge in [0.2, 0.25) is 0 Å². The third-order valence-electron chi connectivity index (χ3n) is 4.28. The highest BCUT2D eigenvalue weighted by Crippen LogP contribution is 2.25. The summed E-state index contributed by atoms with van der Waals surface area (Å²) in [5.41, 5.74) is 1.62. The molecule has 144 valence electrons. The largest absolute Gasteiger partial charge is 0.452 e. The fourth-order valence-electron chi connectivity index (χ4n) is 2.78. The van der Waals surface area contributed by atoms with E-state index in [-0.39, 0.29) is 25.1 Å². The van der Waals surface area contributed by atoms with Gasteiger partial charge in [-0.2, -0.15) is 5.10 Å². The molecular formula is C18H22N4O5. The van der Waals surface area contributed by atoms with Crippen molar-refractivity contribution >= 4 is 29.0 Å². The van der Waals surface area contributed by atoms with Crippen LogP contribution >= 0.6 is 0 Å². The number of hydrogen-bond acceptors (Lipinski definition) is 7. The molecule has 0 aliphatic carbocycles.